The van der Waals surface area contributed by atoms with Crippen LogP contribution in [0.5, 0.6) is 0 Å². The second-order valence-corrected chi connectivity index (χ2v) is 6.98. The molecule has 1 atom stereocenters. The van der Waals surface area contributed by atoms with E-state index in [-0.39, 0.29) is 23.2 Å². The van der Waals surface area contributed by atoms with E-state index >= 15 is 0 Å². The van der Waals surface area contributed by atoms with Gasteiger partial charge in [-0.3, -0.25) is 14.6 Å². The van der Waals surface area contributed by atoms with E-state index in [1.165, 1.54) is 31.6 Å². The van der Waals surface area contributed by atoms with Gasteiger partial charge in [-0.1, -0.05) is 0 Å². The summed E-state index contributed by atoms with van der Waals surface area (Å²) in [4.78, 5) is 36.0. The van der Waals surface area contributed by atoms with E-state index in [1.807, 2.05) is 6.07 Å². The standard InChI is InChI=1S/C19H18F3N7O2/c1-10(17(30)27-9-19(20,21)22)28-13-4-12(6-24-14(13)5-23)15-7-26-16(8-25-15)29-18(31)11-2-3-11/h4,6-8,10-11,28H,2-3,9H2,1H3,(H,27,30)(H,26,29,31). The van der Waals surface area contributed by atoms with Gasteiger partial charge in [-0.05, 0) is 25.8 Å². The third-order valence-electron chi connectivity index (χ3n) is 4.37. The molecular weight excluding hydrogens is 415 g/mol. The molecule has 3 N–H and O–H groups in total. The Labute approximate surface area is 175 Å². The van der Waals surface area contributed by atoms with Crippen molar-refractivity contribution in [1.82, 2.24) is 20.3 Å². The maximum absolute atomic E-state index is 12.3. The Morgan fingerprint density at radius 1 is 1.23 bits per heavy atom. The second kappa shape index (κ2) is 8.95. The fraction of sp³-hybridized carbons (Fsp3) is 0.368. The highest BCUT2D eigenvalue weighted by Crippen LogP contribution is 2.30. The molecule has 0 saturated heterocycles. The third kappa shape index (κ3) is 6.11. The molecule has 1 saturated carbocycles. The molecule has 9 nitrogen and oxygen atoms in total. The number of nitrogens with zero attached hydrogens (tertiary/aromatic N) is 4. The zero-order chi connectivity index (χ0) is 22.6. The molecule has 0 aliphatic heterocycles. The van der Waals surface area contributed by atoms with Crippen LogP contribution in [0.3, 0.4) is 0 Å². The molecule has 0 spiro atoms. The van der Waals surface area contributed by atoms with E-state index in [0.717, 1.165) is 12.8 Å². The molecule has 1 fully saturated rings. The topological polar surface area (TPSA) is 133 Å². The van der Waals surface area contributed by atoms with Crippen LogP contribution in [0.25, 0.3) is 11.3 Å². The first kappa shape index (κ1) is 21.9. The first-order valence-electron chi connectivity index (χ1n) is 9.30. The predicted octanol–water partition coefficient (Wildman–Crippen LogP) is 2.24. The number of nitriles is 1. The zero-order valence-corrected chi connectivity index (χ0v) is 16.3. The van der Waals surface area contributed by atoms with Crippen molar-refractivity contribution in [2.75, 3.05) is 17.2 Å². The van der Waals surface area contributed by atoms with Crippen LogP contribution in [0.2, 0.25) is 0 Å². The molecular formula is C19H18F3N7O2. The number of carbonyl (C=O) groups is 2. The number of carbonyl (C=O) groups excluding carboxylic acids is 2. The summed E-state index contributed by atoms with van der Waals surface area (Å²) in [5.41, 5.74) is 0.957. The summed E-state index contributed by atoms with van der Waals surface area (Å²) < 4.78 is 36.8. The molecule has 0 aromatic carbocycles. The summed E-state index contributed by atoms with van der Waals surface area (Å²) in [5, 5.41) is 16.4. The van der Waals surface area contributed by atoms with Crippen LogP contribution in [-0.2, 0) is 9.59 Å². The SMILES string of the molecule is CC(Nc1cc(-c2cnc(NC(=O)C3CC3)cn2)cnc1C#N)C(=O)NCC(F)(F)F. The second-order valence-electron chi connectivity index (χ2n) is 6.98. The monoisotopic (exact) mass is 433 g/mol. The summed E-state index contributed by atoms with van der Waals surface area (Å²) in [5.74, 6) is -0.669. The Balaban J connectivity index is 1.71. The van der Waals surface area contributed by atoms with E-state index in [2.05, 4.69) is 25.6 Å². The number of hydrogen-bond acceptors (Lipinski definition) is 7. The largest absolute Gasteiger partial charge is 0.405 e. The van der Waals surface area contributed by atoms with Crippen LogP contribution in [-0.4, -0.2) is 45.5 Å². The van der Waals surface area contributed by atoms with Crippen molar-refractivity contribution in [3.63, 3.8) is 0 Å². The molecule has 0 radical (unpaired) electrons. The first-order valence-corrected chi connectivity index (χ1v) is 9.30. The number of rotatable bonds is 7. The molecule has 3 rings (SSSR count). The van der Waals surface area contributed by atoms with Crippen LogP contribution in [0.15, 0.2) is 24.7 Å². The minimum atomic E-state index is -4.53. The van der Waals surface area contributed by atoms with Gasteiger partial charge in [0, 0.05) is 17.7 Å². The molecule has 1 aliphatic carbocycles. The van der Waals surface area contributed by atoms with E-state index < -0.39 is 24.7 Å². The number of aromatic nitrogens is 3. The highest BCUT2D eigenvalue weighted by Gasteiger charge is 2.30. The molecule has 31 heavy (non-hydrogen) atoms. The van der Waals surface area contributed by atoms with Crippen LogP contribution in [0.4, 0.5) is 24.7 Å². The summed E-state index contributed by atoms with van der Waals surface area (Å²) in [6.07, 6.45) is 1.36. The fourth-order valence-electron chi connectivity index (χ4n) is 2.56. The molecule has 1 aliphatic rings. The zero-order valence-electron chi connectivity index (χ0n) is 16.3. The lowest BCUT2D eigenvalue weighted by molar-refractivity contribution is -0.138. The summed E-state index contributed by atoms with van der Waals surface area (Å²) in [7, 11) is 0. The van der Waals surface area contributed by atoms with Gasteiger partial charge in [-0.2, -0.15) is 18.4 Å². The van der Waals surface area contributed by atoms with Crippen LogP contribution >= 0.6 is 0 Å². The number of amides is 2. The summed E-state index contributed by atoms with van der Waals surface area (Å²) in [6.45, 7) is -0.100. The number of alkyl halides is 3. The quantitative estimate of drug-likeness (QED) is 0.610. The number of nitrogens with one attached hydrogen (secondary N) is 3. The number of hydrogen-bond donors (Lipinski definition) is 3. The van der Waals surface area contributed by atoms with Gasteiger partial charge in [0.25, 0.3) is 0 Å². The smallest absolute Gasteiger partial charge is 0.372 e. The number of halogens is 3. The Kier molecular flexibility index (Phi) is 6.33. The minimum Gasteiger partial charge on any atom is -0.372 e. The van der Waals surface area contributed by atoms with E-state index in [9.17, 15) is 28.0 Å². The van der Waals surface area contributed by atoms with Crippen molar-refractivity contribution in [1.29, 1.82) is 5.26 Å². The molecule has 2 aromatic rings. The molecule has 2 amide bonds. The third-order valence-corrected chi connectivity index (χ3v) is 4.37. The normalized spacial score (nSPS) is 14.3. The van der Waals surface area contributed by atoms with Crippen LogP contribution in [0, 0.1) is 17.2 Å². The van der Waals surface area contributed by atoms with E-state index in [0.29, 0.717) is 17.1 Å². The lowest BCUT2D eigenvalue weighted by atomic mass is 10.1. The minimum absolute atomic E-state index is 0.0214. The predicted molar refractivity (Wildman–Crippen MR) is 103 cm³/mol. The van der Waals surface area contributed by atoms with E-state index in [4.69, 9.17) is 0 Å². The van der Waals surface area contributed by atoms with Crippen molar-refractivity contribution in [2.24, 2.45) is 5.92 Å². The van der Waals surface area contributed by atoms with Gasteiger partial charge < -0.3 is 16.0 Å². The Morgan fingerprint density at radius 2 is 1.97 bits per heavy atom. The van der Waals surface area contributed by atoms with E-state index in [1.54, 1.807) is 5.32 Å². The first-order chi connectivity index (χ1) is 14.7. The van der Waals surface area contributed by atoms with Gasteiger partial charge in [0.2, 0.25) is 11.8 Å². The summed E-state index contributed by atoms with van der Waals surface area (Å²) in [6, 6.07) is 2.29. The Hall–Kier alpha value is -3.75. The maximum atomic E-state index is 12.3. The molecule has 12 heteroatoms. The van der Waals surface area contributed by atoms with Gasteiger partial charge in [0.15, 0.2) is 11.5 Å². The van der Waals surface area contributed by atoms with Gasteiger partial charge in [0.05, 0.1) is 23.8 Å². The van der Waals surface area contributed by atoms with Gasteiger partial charge >= 0.3 is 6.18 Å². The lowest BCUT2D eigenvalue weighted by Gasteiger charge is -2.17. The van der Waals surface area contributed by atoms with Crippen molar-refractivity contribution < 1.29 is 22.8 Å². The highest BCUT2D eigenvalue weighted by atomic mass is 19.4. The van der Waals surface area contributed by atoms with Gasteiger partial charge in [-0.15, -0.1) is 0 Å². The molecule has 162 valence electrons. The Bertz CT molecular complexity index is 1010. The van der Waals surface area contributed by atoms with Gasteiger partial charge in [-0.25, -0.2) is 9.97 Å². The van der Waals surface area contributed by atoms with Crippen molar-refractivity contribution in [3.05, 3.63) is 30.4 Å². The number of pyridine rings is 1. The highest BCUT2D eigenvalue weighted by molar-refractivity contribution is 5.93. The van der Waals surface area contributed by atoms with Crippen molar-refractivity contribution in [3.8, 4) is 17.3 Å². The van der Waals surface area contributed by atoms with Gasteiger partial charge in [0.1, 0.15) is 18.7 Å². The maximum Gasteiger partial charge on any atom is 0.405 e. The summed E-state index contributed by atoms with van der Waals surface area (Å²) >= 11 is 0. The average molecular weight is 433 g/mol. The molecule has 2 heterocycles. The Morgan fingerprint density at radius 3 is 2.55 bits per heavy atom. The van der Waals surface area contributed by atoms with Crippen molar-refractivity contribution >= 4 is 23.3 Å². The van der Waals surface area contributed by atoms with Crippen molar-refractivity contribution in [2.45, 2.75) is 32.0 Å². The lowest BCUT2D eigenvalue weighted by Crippen LogP contribution is -2.42. The number of anilines is 2. The molecule has 1 unspecified atom stereocenters. The molecule has 0 bridgehead atoms. The fourth-order valence-corrected chi connectivity index (χ4v) is 2.56. The van der Waals surface area contributed by atoms with Crippen LogP contribution < -0.4 is 16.0 Å². The molecule has 2 aromatic heterocycles. The average Bonchev–Trinajstić information content (AvgIpc) is 3.57. The van der Waals surface area contributed by atoms with Crippen LogP contribution in [0.1, 0.15) is 25.5 Å².